The van der Waals surface area contributed by atoms with E-state index in [0.717, 1.165) is 17.7 Å². The summed E-state index contributed by atoms with van der Waals surface area (Å²) in [6.45, 7) is 0.922. The molecular formula is C18H20N4O3S. The molecule has 0 saturated heterocycles. The third-order valence-corrected chi connectivity index (χ3v) is 4.87. The number of hydrogen-bond donors (Lipinski definition) is 1. The fraction of sp³-hybridized carbons (Fsp3) is 0.278. The summed E-state index contributed by atoms with van der Waals surface area (Å²) in [6, 6.07) is 13.5. The summed E-state index contributed by atoms with van der Waals surface area (Å²) in [4.78, 5) is 25.8. The van der Waals surface area contributed by atoms with Gasteiger partial charge in [0.2, 0.25) is 5.91 Å². The summed E-state index contributed by atoms with van der Waals surface area (Å²) >= 11 is 1.25. The number of aromatic amines is 1. The summed E-state index contributed by atoms with van der Waals surface area (Å²) in [5.74, 6) is 0.870. The Bertz CT molecular complexity index is 887. The quantitative estimate of drug-likeness (QED) is 0.613. The number of benzene rings is 1. The van der Waals surface area contributed by atoms with Crippen LogP contribution in [0.4, 0.5) is 0 Å². The molecule has 0 aliphatic rings. The topological polar surface area (TPSA) is 84.1 Å². The fourth-order valence-electron chi connectivity index (χ4n) is 2.46. The lowest BCUT2D eigenvalue weighted by molar-refractivity contribution is -0.127. The highest BCUT2D eigenvalue weighted by Crippen LogP contribution is 2.15. The van der Waals surface area contributed by atoms with Gasteiger partial charge in [-0.25, -0.2) is 9.89 Å². The lowest BCUT2D eigenvalue weighted by Gasteiger charge is -2.15. The van der Waals surface area contributed by atoms with Crippen molar-refractivity contribution in [1.82, 2.24) is 19.7 Å². The molecule has 0 saturated carbocycles. The zero-order chi connectivity index (χ0) is 18.4. The molecule has 3 aromatic rings. The van der Waals surface area contributed by atoms with Gasteiger partial charge in [-0.1, -0.05) is 42.1 Å². The van der Waals surface area contributed by atoms with Crippen LogP contribution in [0.25, 0.3) is 0 Å². The number of amides is 1. The zero-order valence-electron chi connectivity index (χ0n) is 14.4. The Labute approximate surface area is 155 Å². The van der Waals surface area contributed by atoms with Gasteiger partial charge in [-0.3, -0.25) is 9.36 Å². The number of furan rings is 1. The summed E-state index contributed by atoms with van der Waals surface area (Å²) in [5, 5.41) is 7.01. The maximum absolute atomic E-state index is 12.3. The average Bonchev–Trinajstić information content (AvgIpc) is 3.28. The summed E-state index contributed by atoms with van der Waals surface area (Å²) in [6.07, 6.45) is 2.30. The number of thioether (sulfide) groups is 1. The van der Waals surface area contributed by atoms with Gasteiger partial charge in [0.05, 0.1) is 18.6 Å². The number of carbonyl (C=O) groups excluding carboxylic acids is 1. The van der Waals surface area contributed by atoms with E-state index < -0.39 is 0 Å². The molecule has 1 aromatic carbocycles. The van der Waals surface area contributed by atoms with Gasteiger partial charge in [0.25, 0.3) is 0 Å². The van der Waals surface area contributed by atoms with Crippen molar-refractivity contribution >= 4 is 17.7 Å². The molecule has 0 aliphatic carbocycles. The molecule has 2 heterocycles. The SMILES string of the molecule is CN(Cc1ccco1)C(=O)CSc1n[nH]c(=O)n1CCc1ccccc1. The van der Waals surface area contributed by atoms with Crippen LogP contribution >= 0.6 is 11.8 Å². The van der Waals surface area contributed by atoms with Gasteiger partial charge in [0.15, 0.2) is 5.16 Å². The van der Waals surface area contributed by atoms with Crippen LogP contribution in [0.15, 0.2) is 63.1 Å². The van der Waals surface area contributed by atoms with Crippen molar-refractivity contribution in [3.63, 3.8) is 0 Å². The van der Waals surface area contributed by atoms with E-state index in [1.807, 2.05) is 36.4 Å². The number of rotatable bonds is 8. The second kappa shape index (κ2) is 8.57. The number of hydrogen-bond acceptors (Lipinski definition) is 5. The number of H-pyrrole nitrogens is 1. The first kappa shape index (κ1) is 18.1. The average molecular weight is 372 g/mol. The van der Waals surface area contributed by atoms with Crippen molar-refractivity contribution in [3.05, 3.63) is 70.5 Å². The van der Waals surface area contributed by atoms with Gasteiger partial charge < -0.3 is 9.32 Å². The molecule has 0 fully saturated rings. The van der Waals surface area contributed by atoms with E-state index in [-0.39, 0.29) is 17.3 Å². The normalized spacial score (nSPS) is 10.8. The number of aromatic nitrogens is 3. The molecule has 0 bridgehead atoms. The highest BCUT2D eigenvalue weighted by atomic mass is 32.2. The van der Waals surface area contributed by atoms with E-state index in [4.69, 9.17) is 4.42 Å². The minimum atomic E-state index is -0.264. The van der Waals surface area contributed by atoms with E-state index in [1.165, 1.54) is 11.8 Å². The lowest BCUT2D eigenvalue weighted by atomic mass is 10.1. The van der Waals surface area contributed by atoms with Crippen LogP contribution in [0.5, 0.6) is 0 Å². The minimum absolute atomic E-state index is 0.0588. The smallest absolute Gasteiger partial charge is 0.343 e. The molecule has 0 spiro atoms. The predicted molar refractivity (Wildman–Crippen MR) is 98.9 cm³/mol. The van der Waals surface area contributed by atoms with Crippen LogP contribution in [0, 0.1) is 0 Å². The fourth-order valence-corrected chi connectivity index (χ4v) is 3.37. The van der Waals surface area contributed by atoms with Crippen LogP contribution in [-0.2, 0) is 24.3 Å². The summed E-state index contributed by atoms with van der Waals surface area (Å²) < 4.78 is 6.82. The molecule has 1 N–H and O–H groups in total. The van der Waals surface area contributed by atoms with Crippen LogP contribution in [0.2, 0.25) is 0 Å². The van der Waals surface area contributed by atoms with E-state index in [9.17, 15) is 9.59 Å². The molecule has 26 heavy (non-hydrogen) atoms. The molecule has 2 aromatic heterocycles. The first-order valence-corrected chi connectivity index (χ1v) is 9.20. The van der Waals surface area contributed by atoms with E-state index in [2.05, 4.69) is 10.2 Å². The highest BCUT2D eigenvalue weighted by Gasteiger charge is 2.15. The summed E-state index contributed by atoms with van der Waals surface area (Å²) in [5.41, 5.74) is 0.880. The zero-order valence-corrected chi connectivity index (χ0v) is 15.2. The number of nitrogens with one attached hydrogen (secondary N) is 1. The molecule has 1 amide bonds. The first-order valence-electron chi connectivity index (χ1n) is 8.22. The number of carbonyl (C=O) groups is 1. The lowest BCUT2D eigenvalue weighted by Crippen LogP contribution is -2.28. The van der Waals surface area contributed by atoms with Crippen molar-refractivity contribution in [2.24, 2.45) is 0 Å². The van der Waals surface area contributed by atoms with E-state index in [1.54, 1.807) is 28.8 Å². The number of aryl methyl sites for hydroxylation is 1. The van der Waals surface area contributed by atoms with Gasteiger partial charge in [-0.05, 0) is 24.1 Å². The Morgan fingerprint density at radius 1 is 1.27 bits per heavy atom. The van der Waals surface area contributed by atoms with Crippen molar-refractivity contribution in [3.8, 4) is 0 Å². The predicted octanol–water partition coefficient (Wildman–Crippen LogP) is 2.16. The van der Waals surface area contributed by atoms with Crippen molar-refractivity contribution in [1.29, 1.82) is 0 Å². The third-order valence-electron chi connectivity index (χ3n) is 3.91. The monoisotopic (exact) mass is 372 g/mol. The van der Waals surface area contributed by atoms with E-state index in [0.29, 0.717) is 18.2 Å². The van der Waals surface area contributed by atoms with Crippen LogP contribution in [-0.4, -0.2) is 38.4 Å². The second-order valence-electron chi connectivity index (χ2n) is 5.82. The van der Waals surface area contributed by atoms with Gasteiger partial charge in [-0.2, -0.15) is 0 Å². The van der Waals surface area contributed by atoms with Gasteiger partial charge in [-0.15, -0.1) is 5.10 Å². The van der Waals surface area contributed by atoms with Gasteiger partial charge >= 0.3 is 5.69 Å². The van der Waals surface area contributed by atoms with Crippen molar-refractivity contribution in [2.45, 2.75) is 24.7 Å². The minimum Gasteiger partial charge on any atom is -0.467 e. The van der Waals surface area contributed by atoms with Crippen LogP contribution in [0.1, 0.15) is 11.3 Å². The second-order valence-corrected chi connectivity index (χ2v) is 6.76. The van der Waals surface area contributed by atoms with Crippen LogP contribution < -0.4 is 5.69 Å². The van der Waals surface area contributed by atoms with Crippen LogP contribution in [0.3, 0.4) is 0 Å². The van der Waals surface area contributed by atoms with Crippen molar-refractivity contribution < 1.29 is 9.21 Å². The Balaban J connectivity index is 1.56. The Morgan fingerprint density at radius 3 is 2.81 bits per heavy atom. The largest absolute Gasteiger partial charge is 0.467 e. The molecule has 136 valence electrons. The van der Waals surface area contributed by atoms with E-state index >= 15 is 0 Å². The Kier molecular flexibility index (Phi) is 5.96. The first-order chi connectivity index (χ1) is 12.6. The Hall–Kier alpha value is -2.74. The highest BCUT2D eigenvalue weighted by molar-refractivity contribution is 7.99. The maximum Gasteiger partial charge on any atom is 0.343 e. The standard InChI is InChI=1S/C18H20N4O3S/c1-21(12-15-8-5-11-25-15)16(23)13-26-18-20-19-17(24)22(18)10-9-14-6-3-2-4-7-14/h2-8,11H,9-10,12-13H2,1H3,(H,19,24). The van der Waals surface area contributed by atoms with Crippen molar-refractivity contribution in [2.75, 3.05) is 12.8 Å². The molecule has 8 heteroatoms. The summed E-state index contributed by atoms with van der Waals surface area (Å²) in [7, 11) is 1.72. The molecule has 0 unspecified atom stereocenters. The van der Waals surface area contributed by atoms with Gasteiger partial charge in [0, 0.05) is 13.6 Å². The molecule has 3 rings (SSSR count). The molecule has 0 atom stereocenters. The van der Waals surface area contributed by atoms with Gasteiger partial charge in [0.1, 0.15) is 5.76 Å². The molecule has 7 nitrogen and oxygen atoms in total. The third kappa shape index (κ3) is 4.66. The molecular weight excluding hydrogens is 352 g/mol. The Morgan fingerprint density at radius 2 is 2.08 bits per heavy atom. The molecule has 0 aliphatic heterocycles. The number of nitrogens with zero attached hydrogens (tertiary/aromatic N) is 3. The maximum atomic E-state index is 12.3. The molecule has 0 radical (unpaired) electrons.